The van der Waals surface area contributed by atoms with Crippen molar-refractivity contribution >= 4 is 51.4 Å². The molecule has 3 aromatic carbocycles. The molecule has 0 spiro atoms. The maximum Gasteiger partial charge on any atom is 0.232 e. The minimum Gasteiger partial charge on any atom is -0.294 e. The molecule has 5 rings (SSSR count). The van der Waals surface area contributed by atoms with Gasteiger partial charge >= 0.3 is 0 Å². The van der Waals surface area contributed by atoms with Gasteiger partial charge in [-0.15, -0.1) is 0 Å². The third kappa shape index (κ3) is 3.64. The van der Waals surface area contributed by atoms with E-state index < -0.39 is 0 Å². The van der Waals surface area contributed by atoms with Crippen molar-refractivity contribution in [3.8, 4) is 0 Å². The molecule has 162 valence electrons. The van der Waals surface area contributed by atoms with Gasteiger partial charge in [0.2, 0.25) is 5.91 Å². The molecule has 1 aliphatic carbocycles. The SMILES string of the molecule is CC1(C)CC(=O)C2=C(C1)N(c1ccc3ccccc3c1)C(=O)CC2c1ccc(Cl)cc1Cl. The third-order valence-electron chi connectivity index (χ3n) is 6.47. The van der Waals surface area contributed by atoms with Gasteiger partial charge in [-0.25, -0.2) is 0 Å². The predicted octanol–water partition coefficient (Wildman–Crippen LogP) is 7.31. The molecule has 3 aromatic rings. The topological polar surface area (TPSA) is 37.4 Å². The van der Waals surface area contributed by atoms with Crippen LogP contribution in [0.25, 0.3) is 10.8 Å². The van der Waals surface area contributed by atoms with Gasteiger partial charge < -0.3 is 0 Å². The minimum absolute atomic E-state index is 0.0273. The summed E-state index contributed by atoms with van der Waals surface area (Å²) in [4.78, 5) is 28.8. The van der Waals surface area contributed by atoms with E-state index in [1.54, 1.807) is 17.0 Å². The van der Waals surface area contributed by atoms with Crippen molar-refractivity contribution in [2.75, 3.05) is 4.90 Å². The van der Waals surface area contributed by atoms with Gasteiger partial charge in [0.25, 0.3) is 0 Å². The Hall–Kier alpha value is -2.62. The van der Waals surface area contributed by atoms with E-state index >= 15 is 0 Å². The lowest BCUT2D eigenvalue weighted by Crippen LogP contribution is -2.43. The average Bonchev–Trinajstić information content (AvgIpc) is 2.72. The van der Waals surface area contributed by atoms with Crippen LogP contribution in [0.5, 0.6) is 0 Å². The Balaban J connectivity index is 1.70. The molecule has 2 aliphatic rings. The van der Waals surface area contributed by atoms with Gasteiger partial charge in [-0.3, -0.25) is 14.5 Å². The van der Waals surface area contributed by atoms with E-state index in [4.69, 9.17) is 23.2 Å². The summed E-state index contributed by atoms with van der Waals surface area (Å²) in [6.07, 6.45) is 1.29. The number of allylic oxidation sites excluding steroid dienone is 2. The molecule has 0 N–H and O–H groups in total. The summed E-state index contributed by atoms with van der Waals surface area (Å²) in [6.45, 7) is 4.16. The van der Waals surface area contributed by atoms with Gasteiger partial charge in [-0.2, -0.15) is 0 Å². The van der Waals surface area contributed by atoms with Crippen LogP contribution in [0.3, 0.4) is 0 Å². The van der Waals surface area contributed by atoms with E-state index in [0.717, 1.165) is 27.7 Å². The number of ketones is 1. The number of Topliss-reactive ketones (excluding diaryl/α,β-unsaturated/α-hetero) is 1. The first-order valence-corrected chi connectivity index (χ1v) is 11.5. The summed E-state index contributed by atoms with van der Waals surface area (Å²) >= 11 is 12.6. The highest BCUT2D eigenvalue weighted by molar-refractivity contribution is 6.35. The van der Waals surface area contributed by atoms with Gasteiger partial charge in [-0.1, -0.05) is 73.4 Å². The van der Waals surface area contributed by atoms with Crippen LogP contribution in [-0.2, 0) is 9.59 Å². The number of benzene rings is 3. The number of hydrogen-bond acceptors (Lipinski definition) is 2. The monoisotopic (exact) mass is 463 g/mol. The molecule has 3 nitrogen and oxygen atoms in total. The van der Waals surface area contributed by atoms with Crippen molar-refractivity contribution in [3.05, 3.63) is 87.5 Å². The highest BCUT2D eigenvalue weighted by Gasteiger charge is 2.44. The number of nitrogens with zero attached hydrogens (tertiary/aromatic N) is 1. The van der Waals surface area contributed by atoms with Crippen molar-refractivity contribution in [1.29, 1.82) is 0 Å². The molecule has 1 atom stereocenters. The summed E-state index contributed by atoms with van der Waals surface area (Å²) in [6, 6.07) is 19.4. The Morgan fingerprint density at radius 2 is 1.66 bits per heavy atom. The van der Waals surface area contributed by atoms with E-state index in [9.17, 15) is 9.59 Å². The molecule has 5 heteroatoms. The van der Waals surface area contributed by atoms with Crippen LogP contribution in [0.1, 0.15) is 44.6 Å². The van der Waals surface area contributed by atoms with Crippen LogP contribution >= 0.6 is 23.2 Å². The lowest BCUT2D eigenvalue weighted by molar-refractivity contribution is -0.121. The number of fused-ring (bicyclic) bond motifs is 1. The van der Waals surface area contributed by atoms with Crippen LogP contribution in [0.2, 0.25) is 10.0 Å². The highest BCUT2D eigenvalue weighted by atomic mass is 35.5. The van der Waals surface area contributed by atoms with Gasteiger partial charge in [0.15, 0.2) is 5.78 Å². The lowest BCUT2D eigenvalue weighted by Gasteiger charge is -2.43. The molecule has 0 radical (unpaired) electrons. The second-order valence-electron chi connectivity index (χ2n) is 9.48. The summed E-state index contributed by atoms with van der Waals surface area (Å²) in [5, 5.41) is 3.19. The number of rotatable bonds is 2. The van der Waals surface area contributed by atoms with Gasteiger partial charge in [0.05, 0.1) is 0 Å². The highest BCUT2D eigenvalue weighted by Crippen LogP contribution is 2.49. The van der Waals surface area contributed by atoms with Crippen molar-refractivity contribution in [2.45, 2.75) is 39.0 Å². The van der Waals surface area contributed by atoms with E-state index in [0.29, 0.717) is 28.5 Å². The Bertz CT molecular complexity index is 1310. The van der Waals surface area contributed by atoms with Gasteiger partial charge in [0, 0.05) is 45.8 Å². The molecule has 0 bridgehead atoms. The molecule has 1 unspecified atom stereocenters. The quantitative estimate of drug-likeness (QED) is 0.399. The molecule has 0 aromatic heterocycles. The van der Waals surface area contributed by atoms with Gasteiger partial charge in [-0.05, 0) is 52.4 Å². The molecular weight excluding hydrogens is 441 g/mol. The Kier molecular flexibility index (Phi) is 5.15. The Morgan fingerprint density at radius 3 is 2.41 bits per heavy atom. The zero-order valence-corrected chi connectivity index (χ0v) is 19.5. The first kappa shape index (κ1) is 21.2. The van der Waals surface area contributed by atoms with E-state index in [-0.39, 0.29) is 29.4 Å². The average molecular weight is 464 g/mol. The van der Waals surface area contributed by atoms with E-state index in [2.05, 4.69) is 13.8 Å². The van der Waals surface area contributed by atoms with Crippen molar-refractivity contribution < 1.29 is 9.59 Å². The molecule has 1 heterocycles. The largest absolute Gasteiger partial charge is 0.294 e. The predicted molar refractivity (Wildman–Crippen MR) is 130 cm³/mol. The van der Waals surface area contributed by atoms with Crippen molar-refractivity contribution in [3.63, 3.8) is 0 Å². The molecule has 32 heavy (non-hydrogen) atoms. The maximum atomic E-state index is 13.6. The lowest BCUT2D eigenvalue weighted by atomic mass is 9.69. The maximum absolute atomic E-state index is 13.6. The number of carbonyl (C=O) groups excluding carboxylic acids is 2. The molecule has 0 saturated carbocycles. The first-order chi connectivity index (χ1) is 15.2. The number of halogens is 2. The van der Waals surface area contributed by atoms with Gasteiger partial charge in [0.1, 0.15) is 0 Å². The zero-order chi connectivity index (χ0) is 22.6. The second kappa shape index (κ2) is 7.75. The molecule has 0 saturated heterocycles. The normalized spacial score (nSPS) is 20.6. The standard InChI is InChI=1S/C27H23Cl2NO2/c1-27(2)14-23-26(24(31)15-27)21(20-10-8-18(28)12-22(20)29)13-25(32)30(23)19-9-7-16-5-3-4-6-17(16)11-19/h3-12,21H,13-15H2,1-2H3. The third-order valence-corrected chi connectivity index (χ3v) is 7.03. The smallest absolute Gasteiger partial charge is 0.232 e. The molecular formula is C27H23Cl2NO2. The zero-order valence-electron chi connectivity index (χ0n) is 18.0. The van der Waals surface area contributed by atoms with Crippen molar-refractivity contribution in [2.24, 2.45) is 5.41 Å². The molecule has 1 aliphatic heterocycles. The fourth-order valence-electron chi connectivity index (χ4n) is 5.08. The van der Waals surface area contributed by atoms with E-state index in [1.807, 2.05) is 48.5 Å². The minimum atomic E-state index is -0.359. The summed E-state index contributed by atoms with van der Waals surface area (Å²) in [5.74, 6) is -0.298. The fraction of sp³-hybridized carbons (Fsp3) is 0.259. The number of carbonyl (C=O) groups is 2. The van der Waals surface area contributed by atoms with Crippen LogP contribution in [-0.4, -0.2) is 11.7 Å². The number of hydrogen-bond donors (Lipinski definition) is 0. The summed E-state index contributed by atoms with van der Waals surface area (Å²) < 4.78 is 0. The number of amides is 1. The van der Waals surface area contributed by atoms with Crippen LogP contribution in [0.15, 0.2) is 71.9 Å². The summed E-state index contributed by atoms with van der Waals surface area (Å²) in [5.41, 5.74) is 2.86. The molecule has 1 amide bonds. The molecule has 0 fully saturated rings. The van der Waals surface area contributed by atoms with Crippen LogP contribution in [0, 0.1) is 5.41 Å². The summed E-state index contributed by atoms with van der Waals surface area (Å²) in [7, 11) is 0. The van der Waals surface area contributed by atoms with Crippen LogP contribution in [0.4, 0.5) is 5.69 Å². The Labute approximate surface area is 197 Å². The van der Waals surface area contributed by atoms with E-state index in [1.165, 1.54) is 0 Å². The van der Waals surface area contributed by atoms with Crippen LogP contribution < -0.4 is 4.90 Å². The second-order valence-corrected chi connectivity index (χ2v) is 10.3. The first-order valence-electron chi connectivity index (χ1n) is 10.8. The van der Waals surface area contributed by atoms with Crippen molar-refractivity contribution in [1.82, 2.24) is 0 Å². The number of anilines is 1. The Morgan fingerprint density at radius 1 is 0.906 bits per heavy atom. The fourth-order valence-corrected chi connectivity index (χ4v) is 5.62.